The number of esters is 2. The molecule has 7 nitrogen and oxygen atoms in total. The van der Waals surface area contributed by atoms with Crippen molar-refractivity contribution >= 4 is 17.6 Å². The molecule has 0 spiro atoms. The molecule has 0 saturated heterocycles. The number of carbonyl (C=O) groups excluding carboxylic acids is 2. The van der Waals surface area contributed by atoms with E-state index in [1.165, 1.54) is 6.20 Å². The maximum atomic E-state index is 11.8. The van der Waals surface area contributed by atoms with E-state index in [0.29, 0.717) is 5.69 Å². The monoisotopic (exact) mass is 301 g/mol. The van der Waals surface area contributed by atoms with E-state index < -0.39 is 17.5 Å². The van der Waals surface area contributed by atoms with Crippen LogP contribution in [0.3, 0.4) is 0 Å². The molecule has 0 bridgehead atoms. The van der Waals surface area contributed by atoms with Gasteiger partial charge >= 0.3 is 11.9 Å². The summed E-state index contributed by atoms with van der Waals surface area (Å²) in [6.07, 6.45) is 1.26. The van der Waals surface area contributed by atoms with Crippen LogP contribution in [-0.2, 0) is 19.1 Å². The van der Waals surface area contributed by atoms with Crippen LogP contribution in [0.25, 0.3) is 0 Å². The quantitative estimate of drug-likeness (QED) is 0.362. The van der Waals surface area contributed by atoms with Crippen molar-refractivity contribution in [3.63, 3.8) is 0 Å². The Morgan fingerprint density at radius 2 is 1.77 bits per heavy atom. The molecule has 3 N–H and O–H groups in total. The van der Waals surface area contributed by atoms with E-state index >= 15 is 0 Å². The molecule has 1 aromatic carbocycles. The summed E-state index contributed by atoms with van der Waals surface area (Å²) in [5.74, 6) is -1.73. The van der Waals surface area contributed by atoms with E-state index in [0.717, 1.165) is 14.2 Å². The van der Waals surface area contributed by atoms with Gasteiger partial charge < -0.3 is 20.5 Å². The third-order valence-electron chi connectivity index (χ3n) is 2.62. The average molecular weight is 301 g/mol. The lowest BCUT2D eigenvalue weighted by Gasteiger charge is -2.09. The van der Waals surface area contributed by atoms with E-state index in [9.17, 15) is 9.59 Å². The first-order valence-electron chi connectivity index (χ1n) is 6.13. The van der Waals surface area contributed by atoms with Crippen LogP contribution in [-0.4, -0.2) is 26.2 Å². The molecule has 0 aromatic heterocycles. The molecule has 0 saturated carbocycles. The number of rotatable bonds is 5. The zero-order valence-electron chi connectivity index (χ0n) is 12.1. The molecule has 1 rings (SSSR count). The number of hydrogen-bond acceptors (Lipinski definition) is 7. The summed E-state index contributed by atoms with van der Waals surface area (Å²) in [4.78, 5) is 23.3. The number of anilines is 1. The zero-order chi connectivity index (χ0) is 16.5. The minimum atomic E-state index is -0.936. The maximum Gasteiger partial charge on any atom is 0.350 e. The Morgan fingerprint density at radius 1 is 1.18 bits per heavy atom. The van der Waals surface area contributed by atoms with Crippen molar-refractivity contribution in [2.75, 3.05) is 19.5 Å². The number of nitrogens with one attached hydrogen (secondary N) is 1. The standard InChI is InChI=1S/C15H15N3O4/c1-21-14(19)11(8-16)13(17)12(15(20)22-2)9-18-10-6-4-3-5-7-10/h3-7,9,18H,17H2,1-2H3. The van der Waals surface area contributed by atoms with Crippen LogP contribution in [0, 0.1) is 11.3 Å². The first-order chi connectivity index (χ1) is 10.5. The second-order valence-corrected chi connectivity index (χ2v) is 3.95. The highest BCUT2D eigenvalue weighted by Gasteiger charge is 2.21. The average Bonchev–Trinajstić information content (AvgIpc) is 2.56. The number of nitrogens with zero attached hydrogens (tertiary/aromatic N) is 1. The lowest BCUT2D eigenvalue weighted by Crippen LogP contribution is -2.19. The molecule has 0 fully saturated rings. The van der Waals surface area contributed by atoms with Crippen LogP contribution >= 0.6 is 0 Å². The minimum Gasteiger partial charge on any atom is -0.465 e. The van der Waals surface area contributed by atoms with Gasteiger partial charge in [0, 0.05) is 11.9 Å². The molecule has 7 heteroatoms. The number of carbonyl (C=O) groups is 2. The fourth-order valence-electron chi connectivity index (χ4n) is 1.50. The van der Waals surface area contributed by atoms with E-state index in [1.54, 1.807) is 30.3 Å². The Kier molecular flexibility index (Phi) is 6.19. The SMILES string of the molecule is COC(=O)C(=CNc1ccccc1)C(N)=C(C#N)C(=O)OC. The van der Waals surface area contributed by atoms with Crippen LogP contribution < -0.4 is 11.1 Å². The van der Waals surface area contributed by atoms with Crippen molar-refractivity contribution in [2.45, 2.75) is 0 Å². The van der Waals surface area contributed by atoms with Crippen molar-refractivity contribution < 1.29 is 19.1 Å². The number of nitriles is 1. The second-order valence-electron chi connectivity index (χ2n) is 3.95. The summed E-state index contributed by atoms with van der Waals surface area (Å²) in [6, 6.07) is 10.6. The first-order valence-corrected chi connectivity index (χ1v) is 6.13. The summed E-state index contributed by atoms with van der Waals surface area (Å²) in [5, 5.41) is 11.8. The van der Waals surface area contributed by atoms with Gasteiger partial charge in [-0.3, -0.25) is 0 Å². The lowest BCUT2D eigenvalue weighted by atomic mass is 10.1. The Labute approximate surface area is 127 Å². The van der Waals surface area contributed by atoms with Gasteiger partial charge in [0.25, 0.3) is 0 Å². The predicted molar refractivity (Wildman–Crippen MR) is 79.0 cm³/mol. The van der Waals surface area contributed by atoms with Crippen molar-refractivity contribution in [1.82, 2.24) is 0 Å². The molecule has 0 amide bonds. The Morgan fingerprint density at radius 3 is 2.27 bits per heavy atom. The summed E-state index contributed by atoms with van der Waals surface area (Å²) in [5.41, 5.74) is 5.46. The van der Waals surface area contributed by atoms with Gasteiger partial charge in [0.2, 0.25) is 0 Å². The fourth-order valence-corrected chi connectivity index (χ4v) is 1.50. The molecule has 1 aromatic rings. The summed E-state index contributed by atoms with van der Waals surface area (Å²) < 4.78 is 9.06. The Hall–Kier alpha value is -3.27. The molecule has 114 valence electrons. The third kappa shape index (κ3) is 4.11. The highest BCUT2D eigenvalue weighted by molar-refractivity contribution is 6.00. The molecule has 0 unspecified atom stereocenters. The number of nitrogens with two attached hydrogens (primary N) is 1. The van der Waals surface area contributed by atoms with Crippen molar-refractivity contribution in [3.05, 3.63) is 53.4 Å². The first kappa shape index (κ1) is 16.8. The molecular formula is C15H15N3O4. The summed E-state index contributed by atoms with van der Waals surface area (Å²) in [6.45, 7) is 0. The van der Waals surface area contributed by atoms with Gasteiger partial charge in [-0.2, -0.15) is 5.26 Å². The number of methoxy groups -OCH3 is 2. The van der Waals surface area contributed by atoms with Crippen LogP contribution in [0.1, 0.15) is 0 Å². The predicted octanol–water partition coefficient (Wildman–Crippen LogP) is 1.06. The van der Waals surface area contributed by atoms with E-state index in [4.69, 9.17) is 11.0 Å². The van der Waals surface area contributed by atoms with Crippen LogP contribution in [0.5, 0.6) is 0 Å². The number of ether oxygens (including phenoxy) is 2. The summed E-state index contributed by atoms with van der Waals surface area (Å²) >= 11 is 0. The molecule has 0 heterocycles. The molecule has 0 atom stereocenters. The van der Waals surface area contributed by atoms with Gasteiger partial charge in [-0.05, 0) is 12.1 Å². The molecule has 0 aliphatic heterocycles. The van der Waals surface area contributed by atoms with Gasteiger partial charge in [-0.1, -0.05) is 18.2 Å². The van der Waals surface area contributed by atoms with E-state index in [2.05, 4.69) is 14.8 Å². The van der Waals surface area contributed by atoms with Gasteiger partial charge in [-0.15, -0.1) is 0 Å². The topological polar surface area (TPSA) is 114 Å². The molecule has 0 radical (unpaired) electrons. The second kappa shape index (κ2) is 8.11. The molecule has 0 aliphatic rings. The Balaban J connectivity index is 3.23. The summed E-state index contributed by atoms with van der Waals surface area (Å²) in [7, 11) is 2.27. The van der Waals surface area contributed by atoms with Gasteiger partial charge in [-0.25, -0.2) is 9.59 Å². The van der Waals surface area contributed by atoms with Gasteiger partial charge in [0.15, 0.2) is 5.57 Å². The highest BCUT2D eigenvalue weighted by atomic mass is 16.5. The lowest BCUT2D eigenvalue weighted by molar-refractivity contribution is -0.135. The normalized spacial score (nSPS) is 11.8. The van der Waals surface area contributed by atoms with Crippen LogP contribution in [0.4, 0.5) is 5.69 Å². The van der Waals surface area contributed by atoms with E-state index in [-0.39, 0.29) is 11.3 Å². The van der Waals surface area contributed by atoms with Crippen molar-refractivity contribution in [1.29, 1.82) is 5.26 Å². The number of benzene rings is 1. The minimum absolute atomic E-state index is 0.159. The molecular weight excluding hydrogens is 286 g/mol. The van der Waals surface area contributed by atoms with Crippen LogP contribution in [0.15, 0.2) is 53.4 Å². The Bertz CT molecular complexity index is 657. The van der Waals surface area contributed by atoms with Gasteiger partial charge in [0.05, 0.1) is 19.9 Å². The zero-order valence-corrected chi connectivity index (χ0v) is 12.1. The smallest absolute Gasteiger partial charge is 0.350 e. The molecule has 0 aliphatic carbocycles. The highest BCUT2D eigenvalue weighted by Crippen LogP contribution is 2.14. The van der Waals surface area contributed by atoms with Crippen LogP contribution in [0.2, 0.25) is 0 Å². The maximum absolute atomic E-state index is 11.8. The fraction of sp³-hybridized carbons (Fsp3) is 0.133. The number of hydrogen-bond donors (Lipinski definition) is 2. The van der Waals surface area contributed by atoms with E-state index in [1.807, 2.05) is 6.07 Å². The van der Waals surface area contributed by atoms with Crippen molar-refractivity contribution in [3.8, 4) is 6.07 Å². The largest absolute Gasteiger partial charge is 0.465 e. The molecule has 22 heavy (non-hydrogen) atoms. The third-order valence-corrected chi connectivity index (χ3v) is 2.62. The number of para-hydroxylation sites is 1. The van der Waals surface area contributed by atoms with Gasteiger partial charge in [0.1, 0.15) is 11.6 Å². The van der Waals surface area contributed by atoms with Crippen molar-refractivity contribution in [2.24, 2.45) is 5.73 Å².